The molecule has 10 rings (SSSR count). The molecule has 300 valence electrons. The van der Waals surface area contributed by atoms with Gasteiger partial charge in [-0.25, -0.2) is 14.5 Å². The molecular weight excluding hydrogens is 791 g/mol. The number of rotatable bonds is 10. The van der Waals surface area contributed by atoms with Crippen molar-refractivity contribution >= 4 is 45.4 Å². The number of carbonyl (C=O) groups is 3. The van der Waals surface area contributed by atoms with Crippen LogP contribution < -0.4 is 30.1 Å². The van der Waals surface area contributed by atoms with Gasteiger partial charge in [-0.2, -0.15) is 0 Å². The molecule has 0 bridgehead atoms. The Labute approximate surface area is 343 Å². The third-order valence-corrected chi connectivity index (χ3v) is 11.1. The molecular formula is C41H34N11O7S+. The zero-order valence-electron chi connectivity index (χ0n) is 32.2. The van der Waals surface area contributed by atoms with Gasteiger partial charge in [0.05, 0.1) is 29.9 Å². The molecule has 60 heavy (non-hydrogen) atoms. The van der Waals surface area contributed by atoms with Crippen LogP contribution in [0, 0.1) is 13.8 Å². The SMILES string of the molecule is COCc1oc(-c2ccc3c(c2)OC[C@H]3NC(=O)c2cnc3sc(C)cn23)n[n+]1-c1ccnc(NC(=O)c2ccc3c(c2)OC[C@H]3NC(=O)c2nnn3ccc(C)cc23)c1. The van der Waals surface area contributed by atoms with Crippen molar-refractivity contribution in [3.05, 3.63) is 130 Å². The summed E-state index contributed by atoms with van der Waals surface area (Å²) >= 11 is 1.52. The molecule has 0 spiro atoms. The highest BCUT2D eigenvalue weighted by molar-refractivity contribution is 7.17. The smallest absolute Gasteiger partial charge is 0.407 e. The molecule has 0 radical (unpaired) electrons. The van der Waals surface area contributed by atoms with Crippen molar-refractivity contribution in [3.8, 4) is 28.6 Å². The van der Waals surface area contributed by atoms with Crippen LogP contribution in [0.25, 0.3) is 27.6 Å². The lowest BCUT2D eigenvalue weighted by atomic mass is 10.1. The van der Waals surface area contributed by atoms with Gasteiger partial charge in [0.2, 0.25) is 5.69 Å². The van der Waals surface area contributed by atoms with Crippen molar-refractivity contribution in [1.82, 2.24) is 44.9 Å². The second-order valence-corrected chi connectivity index (χ2v) is 15.5. The van der Waals surface area contributed by atoms with E-state index in [-0.39, 0.29) is 49.2 Å². The summed E-state index contributed by atoms with van der Waals surface area (Å²) in [5, 5.41) is 21.7. The topological polar surface area (TPSA) is 205 Å². The van der Waals surface area contributed by atoms with Crippen LogP contribution in [0.2, 0.25) is 0 Å². The van der Waals surface area contributed by atoms with Crippen molar-refractivity contribution in [2.75, 3.05) is 25.6 Å². The van der Waals surface area contributed by atoms with E-state index in [1.807, 2.05) is 50.4 Å². The minimum atomic E-state index is -0.445. The number of hydrogen-bond acceptors (Lipinski definition) is 13. The number of aromatic nitrogens is 8. The average Bonchev–Trinajstić information content (AvgIpc) is 4.11. The fourth-order valence-corrected chi connectivity index (χ4v) is 8.08. The lowest BCUT2D eigenvalue weighted by molar-refractivity contribution is -0.670. The van der Waals surface area contributed by atoms with Crippen LogP contribution in [0.4, 0.5) is 5.82 Å². The van der Waals surface area contributed by atoms with Gasteiger partial charge in [-0.15, -0.1) is 16.4 Å². The number of nitrogens with zero attached hydrogens (tertiary/aromatic N) is 8. The zero-order chi connectivity index (χ0) is 41.1. The highest BCUT2D eigenvalue weighted by Crippen LogP contribution is 2.37. The summed E-state index contributed by atoms with van der Waals surface area (Å²) in [4.78, 5) is 50.4. The third kappa shape index (κ3) is 6.64. The number of hydrogen-bond donors (Lipinski definition) is 3. The molecule has 2 aliphatic rings. The molecule has 8 aromatic rings. The first kappa shape index (κ1) is 36.8. The molecule has 18 nitrogen and oxygen atoms in total. The van der Waals surface area contributed by atoms with E-state index in [9.17, 15) is 14.4 Å². The Balaban J connectivity index is 0.827. The molecule has 2 aliphatic heterocycles. The molecule has 0 saturated carbocycles. The van der Waals surface area contributed by atoms with E-state index in [1.54, 1.807) is 69.6 Å². The number of thiazole rings is 1. The van der Waals surface area contributed by atoms with E-state index in [0.717, 1.165) is 26.5 Å². The molecule has 6 aromatic heterocycles. The highest BCUT2D eigenvalue weighted by atomic mass is 32.1. The quantitative estimate of drug-likeness (QED) is 0.163. The zero-order valence-corrected chi connectivity index (χ0v) is 33.0. The number of methoxy groups -OCH3 is 1. The fourth-order valence-electron chi connectivity index (χ4n) is 7.28. The van der Waals surface area contributed by atoms with Crippen molar-refractivity contribution in [3.63, 3.8) is 0 Å². The van der Waals surface area contributed by atoms with Crippen LogP contribution in [0.15, 0.2) is 89.9 Å². The summed E-state index contributed by atoms with van der Waals surface area (Å²) in [7, 11) is 1.55. The number of benzene rings is 2. The maximum Gasteiger partial charge on any atom is 0.407 e. The molecule has 3 amide bonds. The summed E-state index contributed by atoms with van der Waals surface area (Å²) in [5.41, 5.74) is 5.35. The minimum Gasteiger partial charge on any atom is -0.491 e. The number of aryl methyl sites for hydroxylation is 2. The second kappa shape index (κ2) is 14.7. The monoisotopic (exact) mass is 824 g/mol. The van der Waals surface area contributed by atoms with Crippen LogP contribution in [0.3, 0.4) is 0 Å². The summed E-state index contributed by atoms with van der Waals surface area (Å²) < 4.78 is 28.4. The van der Waals surface area contributed by atoms with Crippen LogP contribution >= 0.6 is 11.3 Å². The van der Waals surface area contributed by atoms with Crippen LogP contribution in [0.5, 0.6) is 11.5 Å². The van der Waals surface area contributed by atoms with Gasteiger partial charge >= 0.3 is 5.89 Å². The Hall–Kier alpha value is -7.51. The van der Waals surface area contributed by atoms with Gasteiger partial charge in [0, 0.05) is 64.0 Å². The number of nitrogens with one attached hydrogen (secondary N) is 3. The van der Waals surface area contributed by atoms with Gasteiger partial charge in [-0.3, -0.25) is 18.8 Å². The lowest BCUT2D eigenvalue weighted by Gasteiger charge is -2.11. The Morgan fingerprint density at radius 1 is 0.917 bits per heavy atom. The van der Waals surface area contributed by atoms with E-state index in [1.165, 1.54) is 11.3 Å². The lowest BCUT2D eigenvalue weighted by Crippen LogP contribution is -2.37. The van der Waals surface area contributed by atoms with Crippen molar-refractivity contribution in [2.45, 2.75) is 32.5 Å². The molecule has 0 unspecified atom stereocenters. The van der Waals surface area contributed by atoms with Crippen molar-refractivity contribution in [1.29, 1.82) is 0 Å². The molecule has 2 atom stereocenters. The van der Waals surface area contributed by atoms with Gasteiger partial charge in [0.25, 0.3) is 23.6 Å². The number of ether oxygens (including phenoxy) is 3. The van der Waals surface area contributed by atoms with Crippen LogP contribution in [0.1, 0.15) is 70.9 Å². The van der Waals surface area contributed by atoms with Gasteiger partial charge in [0.1, 0.15) is 36.2 Å². The molecule has 0 aliphatic carbocycles. The summed E-state index contributed by atoms with van der Waals surface area (Å²) in [5.74, 6) is 0.999. The van der Waals surface area contributed by atoms with E-state index in [2.05, 4.69) is 36.2 Å². The minimum absolute atomic E-state index is 0.101. The maximum absolute atomic E-state index is 13.5. The highest BCUT2D eigenvalue weighted by Gasteiger charge is 2.32. The fraction of sp³-hybridized carbons (Fsp3) is 0.195. The number of imidazole rings is 1. The first-order valence-electron chi connectivity index (χ1n) is 18.8. The first-order valence-corrected chi connectivity index (χ1v) is 19.6. The Morgan fingerprint density at radius 3 is 2.52 bits per heavy atom. The molecule has 19 heteroatoms. The van der Waals surface area contributed by atoms with Gasteiger partial charge in [-0.05, 0) is 60.5 Å². The summed E-state index contributed by atoms with van der Waals surface area (Å²) in [6, 6.07) is 16.9. The van der Waals surface area contributed by atoms with E-state index >= 15 is 0 Å². The van der Waals surface area contributed by atoms with Gasteiger partial charge in [0.15, 0.2) is 17.3 Å². The molecule has 0 saturated heterocycles. The predicted octanol–water partition coefficient (Wildman–Crippen LogP) is 4.51. The molecule has 8 heterocycles. The second-order valence-electron chi connectivity index (χ2n) is 14.3. The standard InChI is InChI=1S/C41H33N11O7S/c1-21-9-11-51-30(12-21)36(47-49-51)39(55)45-29-19-57-32-13-23(4-6-26(29)32)37(53)46-34-15-25(8-10-42-34)52-35(20-56-3)59-40(48-52)24-5-7-27-28(18-58-33(27)14-24)44-38(54)31-16-43-41-50(31)17-22(2)60-41/h4-17,28-29H,18-20H2,1-3H3,(H2-,42,44,45,46,53,54,55)/p+1/t28-,29-/m1/s1. The third-order valence-electron chi connectivity index (χ3n) is 10.2. The average molecular weight is 825 g/mol. The van der Waals surface area contributed by atoms with E-state index in [4.69, 9.17) is 23.7 Å². The van der Waals surface area contributed by atoms with E-state index < -0.39 is 11.9 Å². The Morgan fingerprint density at radius 2 is 1.70 bits per heavy atom. The van der Waals surface area contributed by atoms with Gasteiger partial charge < -0.3 is 34.6 Å². The number of pyridine rings is 2. The van der Waals surface area contributed by atoms with Crippen LogP contribution in [-0.2, 0) is 11.3 Å². The Kier molecular flexibility index (Phi) is 9.02. The summed E-state index contributed by atoms with van der Waals surface area (Å²) in [6.07, 6.45) is 6.77. The molecule has 3 N–H and O–H groups in total. The van der Waals surface area contributed by atoms with Crippen LogP contribution in [-0.4, -0.2) is 72.3 Å². The predicted molar refractivity (Wildman–Crippen MR) is 213 cm³/mol. The van der Waals surface area contributed by atoms with Gasteiger partial charge in [-0.1, -0.05) is 17.3 Å². The van der Waals surface area contributed by atoms with Crippen molar-refractivity contribution < 1.29 is 37.7 Å². The maximum atomic E-state index is 13.5. The number of carbonyl (C=O) groups excluding carboxylic acids is 3. The largest absolute Gasteiger partial charge is 0.491 e. The number of amides is 3. The first-order chi connectivity index (χ1) is 29.2. The molecule has 0 fully saturated rings. The summed E-state index contributed by atoms with van der Waals surface area (Å²) in [6.45, 7) is 4.46. The van der Waals surface area contributed by atoms with E-state index in [0.29, 0.717) is 51.3 Å². The molecule has 2 aromatic carbocycles. The van der Waals surface area contributed by atoms with Crippen molar-refractivity contribution in [2.24, 2.45) is 0 Å². The normalized spacial score (nSPS) is 15.4. The number of fused-ring (bicyclic) bond motifs is 4. The Bertz CT molecular complexity index is 3020. The number of anilines is 1.